The third kappa shape index (κ3) is 5.16. The van der Waals surface area contributed by atoms with Crippen LogP contribution in [-0.2, 0) is 22.4 Å². The summed E-state index contributed by atoms with van der Waals surface area (Å²) in [6, 6.07) is 19.2. The highest BCUT2D eigenvalue weighted by Crippen LogP contribution is 2.37. The molecule has 3 aromatic rings. The molecule has 2 fully saturated rings. The Balaban J connectivity index is 1.34. The molecular formula is C29H35N3O2. The fourth-order valence-electron chi connectivity index (χ4n) is 5.62. The Morgan fingerprint density at radius 2 is 1.85 bits per heavy atom. The summed E-state index contributed by atoms with van der Waals surface area (Å²) in [4.78, 5) is 22.9. The fourth-order valence-corrected chi connectivity index (χ4v) is 5.62. The van der Waals surface area contributed by atoms with Crippen LogP contribution in [0.1, 0.15) is 24.0 Å². The molecule has 2 aromatic carbocycles. The molecule has 1 amide bonds. The highest BCUT2D eigenvalue weighted by atomic mass is 16.5. The zero-order valence-corrected chi connectivity index (χ0v) is 20.2. The molecule has 5 rings (SSSR count). The van der Waals surface area contributed by atoms with Crippen molar-refractivity contribution in [3.8, 4) is 0 Å². The number of hydrogen-bond donors (Lipinski definition) is 0. The summed E-state index contributed by atoms with van der Waals surface area (Å²) in [6.07, 6.45) is 7.31. The summed E-state index contributed by atoms with van der Waals surface area (Å²) in [7, 11) is 2.16. The minimum Gasteiger partial charge on any atom is -0.379 e. The molecule has 1 aromatic heterocycles. The first-order valence-electron chi connectivity index (χ1n) is 12.5. The van der Waals surface area contributed by atoms with Crippen LogP contribution in [0.15, 0.2) is 67.0 Å². The van der Waals surface area contributed by atoms with Crippen molar-refractivity contribution in [1.82, 2.24) is 14.8 Å². The van der Waals surface area contributed by atoms with Crippen LogP contribution in [0.4, 0.5) is 0 Å². The van der Waals surface area contributed by atoms with Crippen LogP contribution in [0.3, 0.4) is 0 Å². The monoisotopic (exact) mass is 457 g/mol. The number of piperidine rings is 1. The maximum atomic E-state index is 14.2. The number of ether oxygens (including phenoxy) is 1. The molecule has 5 nitrogen and oxygen atoms in total. The number of pyridine rings is 1. The Labute approximate surface area is 202 Å². The average Bonchev–Trinajstić information content (AvgIpc) is 3.11. The van der Waals surface area contributed by atoms with E-state index in [2.05, 4.69) is 64.3 Å². The normalized spacial score (nSPS) is 21.3. The predicted molar refractivity (Wildman–Crippen MR) is 136 cm³/mol. The summed E-state index contributed by atoms with van der Waals surface area (Å²) in [5.41, 5.74) is 2.21. The van der Waals surface area contributed by atoms with Crippen molar-refractivity contribution in [2.24, 2.45) is 11.3 Å². The molecule has 0 N–H and O–H groups in total. The number of amides is 1. The van der Waals surface area contributed by atoms with E-state index in [1.165, 1.54) is 16.5 Å². The van der Waals surface area contributed by atoms with Crippen molar-refractivity contribution in [1.29, 1.82) is 0 Å². The van der Waals surface area contributed by atoms with Gasteiger partial charge >= 0.3 is 0 Å². The largest absolute Gasteiger partial charge is 0.379 e. The smallest absolute Gasteiger partial charge is 0.229 e. The number of nitrogens with zero attached hydrogens (tertiary/aromatic N) is 3. The number of hydrogen-bond acceptors (Lipinski definition) is 4. The molecule has 1 unspecified atom stereocenters. The van der Waals surface area contributed by atoms with Gasteiger partial charge < -0.3 is 14.5 Å². The third-order valence-electron chi connectivity index (χ3n) is 7.64. The molecule has 0 bridgehead atoms. The van der Waals surface area contributed by atoms with E-state index in [9.17, 15) is 4.79 Å². The van der Waals surface area contributed by atoms with Crippen molar-refractivity contribution >= 4 is 16.7 Å². The van der Waals surface area contributed by atoms with E-state index in [0.29, 0.717) is 31.6 Å². The molecule has 3 heterocycles. The minimum atomic E-state index is -0.322. The summed E-state index contributed by atoms with van der Waals surface area (Å²) in [5.74, 6) is 0.614. The number of carbonyl (C=O) groups excluding carboxylic acids is 1. The van der Waals surface area contributed by atoms with Gasteiger partial charge in [-0.3, -0.25) is 9.78 Å². The van der Waals surface area contributed by atoms with E-state index in [4.69, 9.17) is 4.74 Å². The van der Waals surface area contributed by atoms with Crippen LogP contribution < -0.4 is 0 Å². The van der Waals surface area contributed by atoms with Gasteiger partial charge in [0.05, 0.1) is 18.6 Å². The summed E-state index contributed by atoms with van der Waals surface area (Å²) < 4.78 is 5.99. The van der Waals surface area contributed by atoms with E-state index in [-0.39, 0.29) is 5.41 Å². The Morgan fingerprint density at radius 3 is 2.68 bits per heavy atom. The molecule has 0 radical (unpaired) electrons. The van der Waals surface area contributed by atoms with Gasteiger partial charge in [0.25, 0.3) is 0 Å². The van der Waals surface area contributed by atoms with Crippen molar-refractivity contribution in [3.63, 3.8) is 0 Å². The van der Waals surface area contributed by atoms with Gasteiger partial charge in [-0.1, -0.05) is 42.5 Å². The van der Waals surface area contributed by atoms with Crippen LogP contribution in [0.25, 0.3) is 10.8 Å². The summed E-state index contributed by atoms with van der Waals surface area (Å²) in [6.45, 7) is 4.70. The van der Waals surface area contributed by atoms with Crippen molar-refractivity contribution in [2.75, 3.05) is 46.4 Å². The van der Waals surface area contributed by atoms with Crippen LogP contribution in [0.2, 0.25) is 0 Å². The lowest BCUT2D eigenvalue weighted by atomic mass is 9.72. The number of carbonyl (C=O) groups is 1. The number of rotatable bonds is 5. The van der Waals surface area contributed by atoms with Gasteiger partial charge in [-0.2, -0.15) is 0 Å². The number of benzene rings is 2. The summed E-state index contributed by atoms with van der Waals surface area (Å²) >= 11 is 0. The maximum Gasteiger partial charge on any atom is 0.229 e. The summed E-state index contributed by atoms with van der Waals surface area (Å²) in [5, 5.41) is 2.37. The Kier molecular flexibility index (Phi) is 6.93. The SMILES string of the molecule is CN1CCC(Cc2ccccc2)(C(=O)N2CCOCC(Cc3ccc4ccncc4c3)C2)CC1. The molecule has 178 valence electrons. The second-order valence-corrected chi connectivity index (χ2v) is 10.2. The van der Waals surface area contributed by atoms with E-state index < -0.39 is 0 Å². The predicted octanol–water partition coefficient (Wildman–Crippen LogP) is 4.21. The van der Waals surface area contributed by atoms with E-state index in [1.54, 1.807) is 0 Å². The molecule has 1 atom stereocenters. The first-order chi connectivity index (χ1) is 16.6. The molecule has 0 saturated carbocycles. The lowest BCUT2D eigenvalue weighted by Crippen LogP contribution is -2.52. The lowest BCUT2D eigenvalue weighted by Gasteiger charge is -2.42. The molecule has 34 heavy (non-hydrogen) atoms. The van der Waals surface area contributed by atoms with Crippen molar-refractivity contribution in [3.05, 3.63) is 78.1 Å². The topological polar surface area (TPSA) is 45.7 Å². The second-order valence-electron chi connectivity index (χ2n) is 10.2. The molecule has 2 aliphatic heterocycles. The van der Waals surface area contributed by atoms with E-state index >= 15 is 0 Å². The number of aromatic nitrogens is 1. The number of likely N-dealkylation sites (tertiary alicyclic amines) is 1. The van der Waals surface area contributed by atoms with Gasteiger partial charge in [0.2, 0.25) is 5.91 Å². The second kappa shape index (κ2) is 10.2. The lowest BCUT2D eigenvalue weighted by molar-refractivity contribution is -0.145. The molecule has 0 aliphatic carbocycles. The molecule has 0 spiro atoms. The molecule has 2 aliphatic rings. The Bertz CT molecular complexity index is 1110. The van der Waals surface area contributed by atoms with Gasteiger partial charge in [-0.05, 0) is 74.5 Å². The van der Waals surface area contributed by atoms with E-state index in [1.807, 2.05) is 24.5 Å². The van der Waals surface area contributed by atoms with Crippen LogP contribution >= 0.6 is 0 Å². The highest BCUT2D eigenvalue weighted by molar-refractivity contribution is 5.83. The minimum absolute atomic E-state index is 0.292. The zero-order valence-electron chi connectivity index (χ0n) is 20.2. The molecular weight excluding hydrogens is 422 g/mol. The van der Waals surface area contributed by atoms with Crippen LogP contribution in [0.5, 0.6) is 0 Å². The van der Waals surface area contributed by atoms with Gasteiger partial charge in [0, 0.05) is 36.8 Å². The Hall–Kier alpha value is -2.76. The molecule has 2 saturated heterocycles. The van der Waals surface area contributed by atoms with E-state index in [0.717, 1.165) is 50.7 Å². The first kappa shape index (κ1) is 23.0. The van der Waals surface area contributed by atoms with Gasteiger partial charge in [-0.15, -0.1) is 0 Å². The third-order valence-corrected chi connectivity index (χ3v) is 7.64. The fraction of sp³-hybridized carbons (Fsp3) is 0.448. The molecule has 5 heteroatoms. The average molecular weight is 458 g/mol. The van der Waals surface area contributed by atoms with Crippen LogP contribution in [0, 0.1) is 11.3 Å². The van der Waals surface area contributed by atoms with Crippen LogP contribution in [-0.4, -0.2) is 67.1 Å². The Morgan fingerprint density at radius 1 is 1.03 bits per heavy atom. The van der Waals surface area contributed by atoms with Crippen molar-refractivity contribution in [2.45, 2.75) is 25.7 Å². The van der Waals surface area contributed by atoms with Gasteiger partial charge in [-0.25, -0.2) is 0 Å². The standard InChI is InChI=1S/C29H35N3O2/c1-31-13-10-29(11-14-31,19-23-5-3-2-4-6-23)28(33)32-15-16-34-22-25(21-32)17-24-7-8-26-9-12-30-20-27(26)18-24/h2-9,12,18,20,25H,10-11,13-17,19,21-22H2,1H3. The van der Waals surface area contributed by atoms with Gasteiger partial charge in [0.15, 0.2) is 0 Å². The zero-order chi connectivity index (χ0) is 23.4. The highest BCUT2D eigenvalue weighted by Gasteiger charge is 2.43. The number of fused-ring (bicyclic) bond motifs is 1. The van der Waals surface area contributed by atoms with Crippen molar-refractivity contribution < 1.29 is 9.53 Å². The quantitative estimate of drug-likeness (QED) is 0.576. The first-order valence-corrected chi connectivity index (χ1v) is 12.5. The van der Waals surface area contributed by atoms with Gasteiger partial charge in [0.1, 0.15) is 0 Å². The maximum absolute atomic E-state index is 14.2.